The predicted molar refractivity (Wildman–Crippen MR) is 73.5 cm³/mol. The van der Waals surface area contributed by atoms with Crippen LogP contribution in [0.3, 0.4) is 0 Å². The summed E-state index contributed by atoms with van der Waals surface area (Å²) in [5, 5.41) is 3.91. The summed E-state index contributed by atoms with van der Waals surface area (Å²) in [6.45, 7) is 1.31. The van der Waals surface area contributed by atoms with Crippen molar-refractivity contribution >= 4 is 18.3 Å². The maximum absolute atomic E-state index is 12.4. The molecule has 1 unspecified atom stereocenters. The van der Waals surface area contributed by atoms with Crippen molar-refractivity contribution in [2.45, 2.75) is 44.1 Å². The second-order valence-electron chi connectivity index (χ2n) is 5.27. The van der Waals surface area contributed by atoms with Crippen LogP contribution in [0.1, 0.15) is 54.3 Å². The number of rotatable bonds is 3. The van der Waals surface area contributed by atoms with Gasteiger partial charge in [0, 0.05) is 31.1 Å². The van der Waals surface area contributed by atoms with Crippen molar-refractivity contribution in [3.8, 4) is 0 Å². The summed E-state index contributed by atoms with van der Waals surface area (Å²) in [5.41, 5.74) is 6.18. The van der Waals surface area contributed by atoms with Gasteiger partial charge in [-0.15, -0.1) is 12.4 Å². The summed E-state index contributed by atoms with van der Waals surface area (Å²) in [4.78, 5) is 14.2. The third-order valence-electron chi connectivity index (χ3n) is 3.89. The Hall–Kier alpha value is -1.07. The van der Waals surface area contributed by atoms with E-state index in [-0.39, 0.29) is 24.4 Å². The monoisotopic (exact) mass is 285 g/mol. The number of amides is 1. The van der Waals surface area contributed by atoms with E-state index in [1.165, 1.54) is 0 Å². The molecule has 2 N–H and O–H groups in total. The number of likely N-dealkylation sites (tertiary alicyclic amines) is 1. The quantitative estimate of drug-likeness (QED) is 0.921. The zero-order valence-corrected chi connectivity index (χ0v) is 11.7. The van der Waals surface area contributed by atoms with E-state index in [0.29, 0.717) is 18.2 Å². The Bertz CT molecular complexity index is 445. The van der Waals surface area contributed by atoms with Gasteiger partial charge < -0.3 is 15.2 Å². The normalized spacial score (nSPS) is 23.0. The molecule has 1 aromatic rings. The van der Waals surface area contributed by atoms with Crippen molar-refractivity contribution in [3.05, 3.63) is 17.5 Å². The van der Waals surface area contributed by atoms with E-state index in [1.807, 2.05) is 11.0 Å². The number of aromatic nitrogens is 1. The van der Waals surface area contributed by atoms with Gasteiger partial charge in [0.25, 0.3) is 5.91 Å². The van der Waals surface area contributed by atoms with Gasteiger partial charge in [0.1, 0.15) is 5.76 Å². The highest BCUT2D eigenvalue weighted by atomic mass is 35.5. The molecule has 19 heavy (non-hydrogen) atoms. The Labute approximate surface area is 118 Å². The van der Waals surface area contributed by atoms with Crippen LogP contribution in [0.5, 0.6) is 0 Å². The summed E-state index contributed by atoms with van der Waals surface area (Å²) in [6.07, 6.45) is 5.50. The third kappa shape index (κ3) is 2.92. The fourth-order valence-corrected chi connectivity index (χ4v) is 2.61. The molecule has 0 aromatic carbocycles. The molecule has 106 valence electrons. The molecule has 2 fully saturated rings. The molecule has 1 atom stereocenters. The average molecular weight is 286 g/mol. The van der Waals surface area contributed by atoms with Gasteiger partial charge in [-0.2, -0.15) is 0 Å². The topological polar surface area (TPSA) is 72.4 Å². The maximum Gasteiger partial charge on any atom is 0.276 e. The smallest absolute Gasteiger partial charge is 0.276 e. The molecule has 1 saturated carbocycles. The molecular weight excluding hydrogens is 266 g/mol. The molecule has 5 nitrogen and oxygen atoms in total. The first kappa shape index (κ1) is 14.3. The molecule has 1 aliphatic heterocycles. The van der Waals surface area contributed by atoms with Crippen LogP contribution in [-0.4, -0.2) is 35.1 Å². The van der Waals surface area contributed by atoms with Crippen molar-refractivity contribution in [2.75, 3.05) is 13.1 Å². The van der Waals surface area contributed by atoms with Crippen molar-refractivity contribution in [1.29, 1.82) is 0 Å². The third-order valence-corrected chi connectivity index (χ3v) is 3.89. The van der Waals surface area contributed by atoms with Crippen molar-refractivity contribution in [2.24, 2.45) is 5.73 Å². The zero-order chi connectivity index (χ0) is 12.5. The lowest BCUT2D eigenvalue weighted by molar-refractivity contribution is 0.0612. The van der Waals surface area contributed by atoms with E-state index < -0.39 is 0 Å². The molecule has 2 heterocycles. The summed E-state index contributed by atoms with van der Waals surface area (Å²) in [6, 6.07) is 1.97. The van der Waals surface area contributed by atoms with Gasteiger partial charge in [-0.25, -0.2) is 0 Å². The van der Waals surface area contributed by atoms with E-state index in [2.05, 4.69) is 5.16 Å². The van der Waals surface area contributed by atoms with Crippen LogP contribution in [0, 0.1) is 0 Å². The Balaban J connectivity index is 0.00000133. The van der Waals surface area contributed by atoms with E-state index in [9.17, 15) is 4.79 Å². The number of carbonyl (C=O) groups excluding carboxylic acids is 1. The second kappa shape index (κ2) is 5.92. The van der Waals surface area contributed by atoms with Gasteiger partial charge in [0.15, 0.2) is 5.69 Å². The van der Waals surface area contributed by atoms with Gasteiger partial charge in [0.2, 0.25) is 0 Å². The van der Waals surface area contributed by atoms with E-state index >= 15 is 0 Å². The largest absolute Gasteiger partial charge is 0.360 e. The van der Waals surface area contributed by atoms with E-state index in [1.54, 1.807) is 0 Å². The minimum Gasteiger partial charge on any atom is -0.360 e. The fourth-order valence-electron chi connectivity index (χ4n) is 2.61. The van der Waals surface area contributed by atoms with Crippen molar-refractivity contribution in [3.63, 3.8) is 0 Å². The summed E-state index contributed by atoms with van der Waals surface area (Å²) < 4.78 is 5.24. The molecular formula is C13H20ClN3O2. The molecule has 0 spiro atoms. The van der Waals surface area contributed by atoms with Gasteiger partial charge in [-0.05, 0) is 32.1 Å². The molecule has 1 aliphatic carbocycles. The van der Waals surface area contributed by atoms with Gasteiger partial charge in [-0.1, -0.05) is 5.16 Å². The number of nitrogens with zero attached hydrogens (tertiary/aromatic N) is 2. The summed E-state index contributed by atoms with van der Waals surface area (Å²) in [7, 11) is 0. The van der Waals surface area contributed by atoms with Crippen LogP contribution >= 0.6 is 12.4 Å². The Kier molecular flexibility index (Phi) is 4.47. The molecule has 1 saturated heterocycles. The number of halogens is 1. The van der Waals surface area contributed by atoms with Crippen LogP contribution in [-0.2, 0) is 0 Å². The number of piperidine rings is 1. The number of hydrogen-bond donors (Lipinski definition) is 1. The predicted octanol–water partition coefficient (Wildman–Crippen LogP) is 1.93. The highest BCUT2D eigenvalue weighted by Gasteiger charge is 2.32. The number of carbonyl (C=O) groups is 1. The fraction of sp³-hybridized carbons (Fsp3) is 0.692. The molecule has 1 aromatic heterocycles. The molecule has 1 amide bonds. The highest BCUT2D eigenvalue weighted by molar-refractivity contribution is 5.92. The van der Waals surface area contributed by atoms with Gasteiger partial charge >= 0.3 is 0 Å². The Morgan fingerprint density at radius 3 is 2.89 bits per heavy atom. The lowest BCUT2D eigenvalue weighted by atomic mass is 10.0. The van der Waals surface area contributed by atoms with E-state index in [0.717, 1.165) is 44.4 Å². The lowest BCUT2D eigenvalue weighted by Crippen LogP contribution is -2.47. The first-order chi connectivity index (χ1) is 8.79. The van der Waals surface area contributed by atoms with E-state index in [4.69, 9.17) is 10.3 Å². The molecule has 6 heteroatoms. The highest BCUT2D eigenvalue weighted by Crippen LogP contribution is 2.40. The first-order valence-electron chi connectivity index (χ1n) is 6.77. The molecule has 0 bridgehead atoms. The van der Waals surface area contributed by atoms with Crippen molar-refractivity contribution < 1.29 is 9.32 Å². The maximum atomic E-state index is 12.4. The molecule has 2 aliphatic rings. The number of nitrogens with two attached hydrogens (primary N) is 1. The van der Waals surface area contributed by atoms with Crippen LogP contribution in [0.25, 0.3) is 0 Å². The molecule has 0 radical (unpaired) electrons. The second-order valence-corrected chi connectivity index (χ2v) is 5.27. The van der Waals surface area contributed by atoms with Gasteiger partial charge in [-0.3, -0.25) is 4.79 Å². The molecule has 3 rings (SSSR count). The Morgan fingerprint density at radius 2 is 2.21 bits per heavy atom. The summed E-state index contributed by atoms with van der Waals surface area (Å²) in [5.74, 6) is 1.33. The summed E-state index contributed by atoms with van der Waals surface area (Å²) >= 11 is 0. The average Bonchev–Trinajstić information content (AvgIpc) is 3.16. The zero-order valence-electron chi connectivity index (χ0n) is 10.9. The lowest BCUT2D eigenvalue weighted by Gasteiger charge is -2.34. The minimum atomic E-state index is -0.0270. The van der Waals surface area contributed by atoms with Crippen LogP contribution < -0.4 is 5.73 Å². The van der Waals surface area contributed by atoms with Crippen molar-refractivity contribution in [1.82, 2.24) is 10.1 Å². The van der Waals surface area contributed by atoms with Crippen LogP contribution in [0.2, 0.25) is 0 Å². The first-order valence-corrected chi connectivity index (χ1v) is 6.77. The minimum absolute atomic E-state index is 0. The number of hydrogen-bond acceptors (Lipinski definition) is 4. The van der Waals surface area contributed by atoms with Crippen LogP contribution in [0.4, 0.5) is 0 Å². The van der Waals surface area contributed by atoms with Crippen LogP contribution in [0.15, 0.2) is 10.6 Å². The SMILES string of the molecule is Cl.NCC1CCCCN1C(=O)c1cc(C2CC2)on1. The standard InChI is InChI=1S/C13H19N3O2.ClH/c14-8-10-3-1-2-6-16(10)13(17)11-7-12(18-15-11)9-4-5-9;/h7,9-10H,1-6,8,14H2;1H. The van der Waals surface area contributed by atoms with Gasteiger partial charge in [0.05, 0.1) is 0 Å². The Morgan fingerprint density at radius 1 is 1.42 bits per heavy atom.